The van der Waals surface area contributed by atoms with Gasteiger partial charge in [0.1, 0.15) is 0 Å². The Morgan fingerprint density at radius 2 is 1.94 bits per heavy atom. The molecule has 2 aliphatic carbocycles. The van der Waals surface area contributed by atoms with Gasteiger partial charge in [-0.2, -0.15) is 0 Å². The summed E-state index contributed by atoms with van der Waals surface area (Å²) in [6, 6.07) is 8.69. The maximum atomic E-state index is 5.70. The Balaban J connectivity index is 1.63. The van der Waals surface area contributed by atoms with Crippen molar-refractivity contribution in [2.45, 2.75) is 38.6 Å². The maximum Gasteiger partial charge on any atom is 0.0343 e. The molecule has 2 nitrogen and oxygen atoms in total. The number of hydrogen-bond donors (Lipinski definition) is 2. The second-order valence-electron chi connectivity index (χ2n) is 5.89. The minimum Gasteiger partial charge on any atom is -0.399 e. The molecule has 2 heteroatoms. The van der Waals surface area contributed by atoms with Crippen molar-refractivity contribution in [3.8, 4) is 0 Å². The van der Waals surface area contributed by atoms with Crippen LogP contribution in [0.5, 0.6) is 0 Å². The molecule has 2 fully saturated rings. The molecule has 3 N–H and O–H groups in total. The highest BCUT2D eigenvalue weighted by atomic mass is 14.9. The van der Waals surface area contributed by atoms with E-state index >= 15 is 0 Å². The minimum atomic E-state index is 0.592. The zero-order valence-electron chi connectivity index (χ0n) is 10.5. The van der Waals surface area contributed by atoms with Crippen LogP contribution in [0, 0.1) is 17.8 Å². The SMILES string of the molecule is CC(Nc1ccc(N)cc1)C1C[C@H]2CC[C@@H]1C2. The van der Waals surface area contributed by atoms with Gasteiger partial charge in [-0.15, -0.1) is 0 Å². The summed E-state index contributed by atoms with van der Waals surface area (Å²) in [5, 5.41) is 3.64. The first-order chi connectivity index (χ1) is 8.22. The third-order valence-corrected chi connectivity index (χ3v) is 4.74. The summed E-state index contributed by atoms with van der Waals surface area (Å²) >= 11 is 0. The number of hydrogen-bond acceptors (Lipinski definition) is 2. The lowest BCUT2D eigenvalue weighted by Crippen LogP contribution is -2.29. The first-order valence-corrected chi connectivity index (χ1v) is 6.84. The lowest BCUT2D eigenvalue weighted by molar-refractivity contribution is 0.304. The number of nitrogens with one attached hydrogen (secondary N) is 1. The molecule has 0 amide bonds. The van der Waals surface area contributed by atoms with E-state index < -0.39 is 0 Å². The van der Waals surface area contributed by atoms with Crippen LogP contribution in [-0.2, 0) is 0 Å². The normalized spacial score (nSPS) is 32.6. The monoisotopic (exact) mass is 230 g/mol. The van der Waals surface area contributed by atoms with E-state index in [1.807, 2.05) is 12.1 Å². The van der Waals surface area contributed by atoms with E-state index in [0.29, 0.717) is 6.04 Å². The topological polar surface area (TPSA) is 38.0 Å². The number of anilines is 2. The molecule has 0 heterocycles. The fourth-order valence-corrected chi connectivity index (χ4v) is 3.86. The Morgan fingerprint density at radius 1 is 1.18 bits per heavy atom. The molecule has 0 saturated heterocycles. The van der Waals surface area contributed by atoms with Crippen LogP contribution in [0.15, 0.2) is 24.3 Å². The summed E-state index contributed by atoms with van der Waals surface area (Å²) in [4.78, 5) is 0. The van der Waals surface area contributed by atoms with Gasteiger partial charge in [0.25, 0.3) is 0 Å². The van der Waals surface area contributed by atoms with Crippen molar-refractivity contribution in [3.63, 3.8) is 0 Å². The second-order valence-corrected chi connectivity index (χ2v) is 5.89. The maximum absolute atomic E-state index is 5.70. The molecule has 2 unspecified atom stereocenters. The molecule has 1 aromatic rings. The van der Waals surface area contributed by atoms with Crippen LogP contribution < -0.4 is 11.1 Å². The summed E-state index contributed by atoms with van der Waals surface area (Å²) in [5.41, 5.74) is 7.74. The van der Waals surface area contributed by atoms with E-state index in [1.165, 1.54) is 31.4 Å². The van der Waals surface area contributed by atoms with Gasteiger partial charge in [-0.1, -0.05) is 6.42 Å². The molecule has 0 spiro atoms. The largest absolute Gasteiger partial charge is 0.399 e. The second kappa shape index (κ2) is 4.25. The van der Waals surface area contributed by atoms with Crippen LogP contribution in [-0.4, -0.2) is 6.04 Å². The van der Waals surface area contributed by atoms with E-state index in [0.717, 1.165) is 23.4 Å². The number of nitrogens with two attached hydrogens (primary N) is 1. The fourth-order valence-electron chi connectivity index (χ4n) is 3.86. The van der Waals surface area contributed by atoms with Crippen molar-refractivity contribution in [1.29, 1.82) is 0 Å². The Labute approximate surface area is 104 Å². The molecule has 2 bridgehead atoms. The Kier molecular flexibility index (Phi) is 2.73. The average molecular weight is 230 g/mol. The standard InChI is InChI=1S/C15H22N2/c1-10(15-9-11-2-3-12(15)8-11)17-14-6-4-13(16)5-7-14/h4-7,10-12,15,17H,2-3,8-9,16H2,1H3/t10?,11-,12+,15?/m0/s1. The van der Waals surface area contributed by atoms with E-state index in [9.17, 15) is 0 Å². The molecule has 2 aliphatic rings. The summed E-state index contributed by atoms with van der Waals surface area (Å²) in [7, 11) is 0. The molecule has 0 radical (unpaired) electrons. The lowest BCUT2D eigenvalue weighted by Gasteiger charge is -2.29. The summed E-state index contributed by atoms with van der Waals surface area (Å²) in [5.74, 6) is 2.89. The van der Waals surface area contributed by atoms with Crippen LogP contribution in [0.1, 0.15) is 32.6 Å². The number of nitrogen functional groups attached to an aromatic ring is 1. The lowest BCUT2D eigenvalue weighted by atomic mass is 9.84. The predicted octanol–water partition coefficient (Wildman–Crippen LogP) is 3.51. The van der Waals surface area contributed by atoms with Gasteiger partial charge < -0.3 is 11.1 Å². The van der Waals surface area contributed by atoms with Crippen LogP contribution >= 0.6 is 0 Å². The van der Waals surface area contributed by atoms with E-state index in [4.69, 9.17) is 5.73 Å². The smallest absolute Gasteiger partial charge is 0.0343 e. The summed E-state index contributed by atoms with van der Waals surface area (Å²) < 4.78 is 0. The van der Waals surface area contributed by atoms with Gasteiger partial charge in [0.15, 0.2) is 0 Å². The molecule has 92 valence electrons. The van der Waals surface area contributed by atoms with Crippen LogP contribution in [0.3, 0.4) is 0 Å². The van der Waals surface area contributed by atoms with Crippen molar-refractivity contribution in [2.75, 3.05) is 11.1 Å². The highest BCUT2D eigenvalue weighted by Crippen LogP contribution is 2.49. The van der Waals surface area contributed by atoms with Crippen molar-refractivity contribution in [2.24, 2.45) is 17.8 Å². The molecule has 0 aliphatic heterocycles. The first-order valence-electron chi connectivity index (χ1n) is 6.84. The van der Waals surface area contributed by atoms with Crippen molar-refractivity contribution in [1.82, 2.24) is 0 Å². The predicted molar refractivity (Wildman–Crippen MR) is 72.9 cm³/mol. The van der Waals surface area contributed by atoms with Gasteiger partial charge in [-0.3, -0.25) is 0 Å². The van der Waals surface area contributed by atoms with Gasteiger partial charge >= 0.3 is 0 Å². The highest BCUT2D eigenvalue weighted by molar-refractivity contribution is 5.51. The van der Waals surface area contributed by atoms with Crippen LogP contribution in [0.2, 0.25) is 0 Å². The van der Waals surface area contributed by atoms with Crippen LogP contribution in [0.4, 0.5) is 11.4 Å². The number of benzene rings is 1. The number of fused-ring (bicyclic) bond motifs is 2. The highest BCUT2D eigenvalue weighted by Gasteiger charge is 2.41. The first kappa shape index (κ1) is 10.9. The number of rotatable bonds is 3. The Hall–Kier alpha value is -1.18. The van der Waals surface area contributed by atoms with E-state index in [2.05, 4.69) is 24.4 Å². The Morgan fingerprint density at radius 3 is 2.53 bits per heavy atom. The summed E-state index contributed by atoms with van der Waals surface area (Å²) in [6.07, 6.45) is 5.87. The minimum absolute atomic E-state index is 0.592. The third-order valence-electron chi connectivity index (χ3n) is 4.74. The van der Waals surface area contributed by atoms with Crippen LogP contribution in [0.25, 0.3) is 0 Å². The average Bonchev–Trinajstić information content (AvgIpc) is 2.94. The van der Waals surface area contributed by atoms with Gasteiger partial charge in [0, 0.05) is 17.4 Å². The van der Waals surface area contributed by atoms with Gasteiger partial charge in [-0.25, -0.2) is 0 Å². The molecule has 0 aromatic heterocycles. The van der Waals surface area contributed by atoms with E-state index in [-0.39, 0.29) is 0 Å². The van der Waals surface area contributed by atoms with Crippen molar-refractivity contribution >= 4 is 11.4 Å². The van der Waals surface area contributed by atoms with Crippen molar-refractivity contribution < 1.29 is 0 Å². The fraction of sp³-hybridized carbons (Fsp3) is 0.600. The third kappa shape index (κ3) is 2.13. The zero-order chi connectivity index (χ0) is 11.8. The molecule has 3 rings (SSSR count). The zero-order valence-corrected chi connectivity index (χ0v) is 10.5. The molecule has 2 saturated carbocycles. The summed E-state index contributed by atoms with van der Waals surface area (Å²) in [6.45, 7) is 2.34. The van der Waals surface area contributed by atoms with Gasteiger partial charge in [-0.05, 0) is 68.2 Å². The quantitative estimate of drug-likeness (QED) is 0.780. The van der Waals surface area contributed by atoms with Gasteiger partial charge in [0.05, 0.1) is 0 Å². The van der Waals surface area contributed by atoms with E-state index in [1.54, 1.807) is 0 Å². The molecule has 4 atom stereocenters. The molecule has 17 heavy (non-hydrogen) atoms. The molecular formula is C15H22N2. The van der Waals surface area contributed by atoms with Gasteiger partial charge in [0.2, 0.25) is 0 Å². The Bertz CT molecular complexity index is 384. The molecule has 1 aromatic carbocycles. The molecular weight excluding hydrogens is 208 g/mol. The van der Waals surface area contributed by atoms with Crippen molar-refractivity contribution in [3.05, 3.63) is 24.3 Å².